The van der Waals surface area contributed by atoms with Crippen molar-refractivity contribution in [2.24, 2.45) is 0 Å². The summed E-state index contributed by atoms with van der Waals surface area (Å²) >= 11 is 0. The number of aromatic amines is 1. The summed E-state index contributed by atoms with van der Waals surface area (Å²) in [4.78, 5) is 26.7. The Bertz CT molecular complexity index is 722. The van der Waals surface area contributed by atoms with Crippen LogP contribution in [0.2, 0.25) is 0 Å². The van der Waals surface area contributed by atoms with Crippen LogP contribution in [0.4, 0.5) is 0 Å². The van der Waals surface area contributed by atoms with Gasteiger partial charge in [-0.05, 0) is 19.1 Å². The Kier molecular flexibility index (Phi) is 3.42. The van der Waals surface area contributed by atoms with Crippen molar-refractivity contribution in [2.45, 2.75) is 13.0 Å². The maximum Gasteiger partial charge on any atom is 0.269 e. The quantitative estimate of drug-likeness (QED) is 0.748. The van der Waals surface area contributed by atoms with Crippen LogP contribution in [0.5, 0.6) is 0 Å². The van der Waals surface area contributed by atoms with Crippen molar-refractivity contribution < 1.29 is 9.32 Å². The molecule has 0 radical (unpaired) electrons. The standard InChI is InChI=1S/C13H12N6O2/c1-8(17-12(20)10-6-15-7-16-10)13-18-11(19-21-13)9-3-2-4-14-5-9/h2-8H,1H3,(H,15,16)(H,17,20)/t8-/m1/s1. The molecule has 0 spiro atoms. The first kappa shape index (κ1) is 13.0. The summed E-state index contributed by atoms with van der Waals surface area (Å²) in [6.07, 6.45) is 6.18. The van der Waals surface area contributed by atoms with E-state index in [2.05, 4.69) is 30.4 Å². The molecule has 2 N–H and O–H groups in total. The van der Waals surface area contributed by atoms with Crippen molar-refractivity contribution in [3.63, 3.8) is 0 Å². The predicted molar refractivity (Wildman–Crippen MR) is 72.0 cm³/mol. The topological polar surface area (TPSA) is 110 Å². The third-order valence-corrected chi connectivity index (χ3v) is 2.82. The number of nitrogens with zero attached hydrogens (tertiary/aromatic N) is 4. The number of hydrogen-bond acceptors (Lipinski definition) is 6. The normalized spacial score (nSPS) is 12.0. The molecule has 106 valence electrons. The number of H-pyrrole nitrogens is 1. The van der Waals surface area contributed by atoms with Crippen molar-refractivity contribution in [2.75, 3.05) is 0 Å². The summed E-state index contributed by atoms with van der Waals surface area (Å²) < 4.78 is 5.17. The van der Waals surface area contributed by atoms with Gasteiger partial charge in [-0.1, -0.05) is 5.16 Å². The summed E-state index contributed by atoms with van der Waals surface area (Å²) in [5, 5.41) is 6.62. The van der Waals surface area contributed by atoms with Gasteiger partial charge >= 0.3 is 0 Å². The van der Waals surface area contributed by atoms with Crippen LogP contribution < -0.4 is 5.32 Å². The highest BCUT2D eigenvalue weighted by Gasteiger charge is 2.18. The van der Waals surface area contributed by atoms with E-state index in [4.69, 9.17) is 4.52 Å². The van der Waals surface area contributed by atoms with Crippen LogP contribution in [0.15, 0.2) is 41.6 Å². The average Bonchev–Trinajstić information content (AvgIpc) is 3.20. The lowest BCUT2D eigenvalue weighted by Gasteiger charge is -2.07. The van der Waals surface area contributed by atoms with Crippen LogP contribution in [0.3, 0.4) is 0 Å². The highest BCUT2D eigenvalue weighted by molar-refractivity contribution is 5.92. The van der Waals surface area contributed by atoms with E-state index >= 15 is 0 Å². The van der Waals surface area contributed by atoms with E-state index < -0.39 is 6.04 Å². The van der Waals surface area contributed by atoms with Gasteiger partial charge in [0.25, 0.3) is 5.91 Å². The maximum atomic E-state index is 11.9. The van der Waals surface area contributed by atoms with Crippen molar-refractivity contribution in [1.29, 1.82) is 0 Å². The van der Waals surface area contributed by atoms with E-state index in [1.807, 2.05) is 6.07 Å². The van der Waals surface area contributed by atoms with Gasteiger partial charge in [0, 0.05) is 18.0 Å². The minimum Gasteiger partial charge on any atom is -0.341 e. The third kappa shape index (κ3) is 2.78. The largest absolute Gasteiger partial charge is 0.341 e. The number of imidazole rings is 1. The molecule has 1 atom stereocenters. The van der Waals surface area contributed by atoms with Gasteiger partial charge in [-0.15, -0.1) is 0 Å². The molecule has 0 aliphatic rings. The summed E-state index contributed by atoms with van der Waals surface area (Å²) in [5.41, 5.74) is 1.12. The van der Waals surface area contributed by atoms with E-state index in [-0.39, 0.29) is 5.91 Å². The van der Waals surface area contributed by atoms with Crippen molar-refractivity contribution in [3.8, 4) is 11.4 Å². The average molecular weight is 284 g/mol. The van der Waals surface area contributed by atoms with Gasteiger partial charge in [0.2, 0.25) is 11.7 Å². The maximum absolute atomic E-state index is 11.9. The Balaban J connectivity index is 1.73. The summed E-state index contributed by atoms with van der Waals surface area (Å²) in [7, 11) is 0. The fraction of sp³-hybridized carbons (Fsp3) is 0.154. The zero-order valence-electron chi connectivity index (χ0n) is 11.1. The number of rotatable bonds is 4. The molecule has 0 aliphatic heterocycles. The second-order valence-corrected chi connectivity index (χ2v) is 4.36. The molecule has 0 aromatic carbocycles. The van der Waals surface area contributed by atoms with Crippen LogP contribution in [0.25, 0.3) is 11.4 Å². The molecule has 1 amide bonds. The number of carbonyl (C=O) groups is 1. The van der Waals surface area contributed by atoms with E-state index in [1.165, 1.54) is 12.5 Å². The smallest absolute Gasteiger partial charge is 0.269 e. The molecule has 0 fully saturated rings. The SMILES string of the molecule is C[C@@H](NC(=O)c1cnc[nH]1)c1nc(-c2cccnc2)no1. The Morgan fingerprint density at radius 2 is 2.29 bits per heavy atom. The van der Waals surface area contributed by atoms with Crippen molar-refractivity contribution >= 4 is 5.91 Å². The minimum absolute atomic E-state index is 0.291. The minimum atomic E-state index is -0.418. The molecule has 21 heavy (non-hydrogen) atoms. The third-order valence-electron chi connectivity index (χ3n) is 2.82. The molecular weight excluding hydrogens is 272 g/mol. The molecule has 8 heteroatoms. The number of nitrogens with one attached hydrogen (secondary N) is 2. The lowest BCUT2D eigenvalue weighted by Crippen LogP contribution is -2.27. The lowest BCUT2D eigenvalue weighted by atomic mass is 10.2. The highest BCUT2D eigenvalue weighted by atomic mass is 16.5. The molecule has 3 aromatic heterocycles. The van der Waals surface area contributed by atoms with Gasteiger partial charge < -0.3 is 14.8 Å². The number of hydrogen-bond donors (Lipinski definition) is 2. The molecule has 0 aliphatic carbocycles. The van der Waals surface area contributed by atoms with E-state index in [1.54, 1.807) is 25.4 Å². The van der Waals surface area contributed by atoms with Gasteiger partial charge in [0.1, 0.15) is 11.7 Å². The van der Waals surface area contributed by atoms with Crippen molar-refractivity contribution in [1.82, 2.24) is 30.4 Å². The van der Waals surface area contributed by atoms with Crippen molar-refractivity contribution in [3.05, 3.63) is 48.6 Å². The van der Waals surface area contributed by atoms with E-state index in [0.717, 1.165) is 5.56 Å². The highest BCUT2D eigenvalue weighted by Crippen LogP contribution is 2.17. The predicted octanol–water partition coefficient (Wildman–Crippen LogP) is 1.35. The Morgan fingerprint density at radius 3 is 3.00 bits per heavy atom. The first-order valence-corrected chi connectivity index (χ1v) is 6.27. The van der Waals surface area contributed by atoms with E-state index in [0.29, 0.717) is 17.4 Å². The monoisotopic (exact) mass is 284 g/mol. The van der Waals surface area contributed by atoms with Crippen LogP contribution in [-0.2, 0) is 0 Å². The van der Waals surface area contributed by atoms with Crippen LogP contribution in [0, 0.1) is 0 Å². The van der Waals surface area contributed by atoms with Crippen LogP contribution >= 0.6 is 0 Å². The summed E-state index contributed by atoms with van der Waals surface area (Å²) in [6.45, 7) is 1.76. The molecule has 8 nitrogen and oxygen atoms in total. The Hall–Kier alpha value is -3.03. The van der Waals surface area contributed by atoms with E-state index in [9.17, 15) is 4.79 Å². The number of carbonyl (C=O) groups excluding carboxylic acids is 1. The number of pyridine rings is 1. The molecule has 0 saturated heterocycles. The summed E-state index contributed by atoms with van der Waals surface area (Å²) in [5.74, 6) is 0.462. The van der Waals surface area contributed by atoms with Crippen LogP contribution in [0.1, 0.15) is 29.3 Å². The molecule has 3 aromatic rings. The van der Waals surface area contributed by atoms with Crippen LogP contribution in [-0.4, -0.2) is 31.0 Å². The Morgan fingerprint density at radius 1 is 1.38 bits per heavy atom. The van der Waals surface area contributed by atoms with Gasteiger partial charge in [-0.25, -0.2) is 4.98 Å². The number of aromatic nitrogens is 5. The Labute approximate surface area is 119 Å². The van der Waals surface area contributed by atoms with Gasteiger partial charge in [0.05, 0.1) is 12.5 Å². The molecule has 3 rings (SSSR count). The molecular formula is C13H12N6O2. The first-order chi connectivity index (χ1) is 10.2. The van der Waals surface area contributed by atoms with Gasteiger partial charge in [-0.3, -0.25) is 9.78 Å². The molecule has 0 bridgehead atoms. The fourth-order valence-electron chi connectivity index (χ4n) is 1.74. The van der Waals surface area contributed by atoms with Gasteiger partial charge in [-0.2, -0.15) is 4.98 Å². The zero-order valence-corrected chi connectivity index (χ0v) is 11.1. The summed E-state index contributed by atoms with van der Waals surface area (Å²) in [6, 6.07) is 3.20. The lowest BCUT2D eigenvalue weighted by molar-refractivity contribution is 0.0928. The number of amides is 1. The molecule has 3 heterocycles. The zero-order chi connectivity index (χ0) is 14.7. The second-order valence-electron chi connectivity index (χ2n) is 4.36. The molecule has 0 saturated carbocycles. The second kappa shape index (κ2) is 5.53. The first-order valence-electron chi connectivity index (χ1n) is 6.27. The molecule has 0 unspecified atom stereocenters. The fourth-order valence-corrected chi connectivity index (χ4v) is 1.74. The van der Waals surface area contributed by atoms with Gasteiger partial charge in [0.15, 0.2) is 0 Å².